The quantitative estimate of drug-likeness (QED) is 0.655. The van der Waals surface area contributed by atoms with Crippen molar-refractivity contribution in [3.8, 4) is 0 Å². The Morgan fingerprint density at radius 3 is 2.80 bits per heavy atom. The maximum Gasteiger partial charge on any atom is 0.268 e. The maximum atomic E-state index is 12.7. The summed E-state index contributed by atoms with van der Waals surface area (Å²) < 4.78 is 0.640. The van der Waals surface area contributed by atoms with Crippen LogP contribution in [-0.2, 0) is 17.9 Å². The van der Waals surface area contributed by atoms with E-state index in [0.29, 0.717) is 29.1 Å². The first-order valence-electron chi connectivity index (χ1n) is 10.2. The Morgan fingerprint density at radius 2 is 2.03 bits per heavy atom. The normalized spacial score (nSPS) is 15.2. The van der Waals surface area contributed by atoms with Crippen LogP contribution in [0.2, 0.25) is 0 Å². The summed E-state index contributed by atoms with van der Waals surface area (Å²) in [5.41, 5.74) is 3.19. The number of H-pyrrole nitrogens is 1. The first-order chi connectivity index (χ1) is 14.5. The largest absolute Gasteiger partial charge is 0.339 e. The molecule has 0 bridgehead atoms. The number of aryl methyl sites for hydroxylation is 1. The van der Waals surface area contributed by atoms with Gasteiger partial charge in [0.2, 0.25) is 5.91 Å². The summed E-state index contributed by atoms with van der Waals surface area (Å²) in [7, 11) is 1.88. The fraction of sp³-hybridized carbons (Fsp3) is 0.409. The fourth-order valence-electron chi connectivity index (χ4n) is 3.86. The lowest BCUT2D eigenvalue weighted by atomic mass is 10.1. The van der Waals surface area contributed by atoms with Crippen LogP contribution in [0, 0.1) is 6.92 Å². The summed E-state index contributed by atoms with van der Waals surface area (Å²) in [4.78, 5) is 38.4. The molecule has 2 aromatic heterocycles. The Balaban J connectivity index is 1.27. The van der Waals surface area contributed by atoms with E-state index in [9.17, 15) is 9.59 Å². The monoisotopic (exact) mass is 425 g/mol. The number of nitrogens with one attached hydrogen (secondary N) is 1. The number of likely N-dealkylation sites (N-methyl/N-ethyl adjacent to an activating group) is 1. The van der Waals surface area contributed by atoms with Crippen molar-refractivity contribution in [3.05, 3.63) is 63.0 Å². The molecule has 0 radical (unpaired) electrons. The average Bonchev–Trinajstić information content (AvgIpc) is 3.17. The Kier molecular flexibility index (Phi) is 6.26. The number of aromatic nitrogens is 2. The van der Waals surface area contributed by atoms with Gasteiger partial charge in [-0.3, -0.25) is 19.4 Å². The van der Waals surface area contributed by atoms with E-state index in [2.05, 4.69) is 46.1 Å². The van der Waals surface area contributed by atoms with Crippen LogP contribution >= 0.6 is 11.3 Å². The van der Waals surface area contributed by atoms with Crippen LogP contribution in [0.15, 0.2) is 40.5 Å². The Labute approximate surface area is 179 Å². The van der Waals surface area contributed by atoms with Crippen molar-refractivity contribution in [2.45, 2.75) is 20.0 Å². The molecule has 1 aromatic carbocycles. The summed E-state index contributed by atoms with van der Waals surface area (Å²) in [5.74, 6) is 0.704. The second-order valence-corrected chi connectivity index (χ2v) is 8.88. The minimum absolute atomic E-state index is 0.116. The van der Waals surface area contributed by atoms with Gasteiger partial charge in [-0.1, -0.05) is 29.8 Å². The first kappa shape index (κ1) is 20.7. The molecule has 7 nitrogen and oxygen atoms in total. The average molecular weight is 426 g/mol. The molecule has 0 atom stereocenters. The Morgan fingerprint density at radius 1 is 1.23 bits per heavy atom. The number of rotatable bonds is 6. The Bertz CT molecular complexity index is 1080. The molecule has 0 aliphatic carbocycles. The highest BCUT2D eigenvalue weighted by Crippen LogP contribution is 2.14. The van der Waals surface area contributed by atoms with Crippen molar-refractivity contribution in [1.82, 2.24) is 24.7 Å². The van der Waals surface area contributed by atoms with Crippen LogP contribution < -0.4 is 5.56 Å². The van der Waals surface area contributed by atoms with Crippen LogP contribution in [-0.4, -0.2) is 70.3 Å². The number of thiophene rings is 1. The molecule has 3 aromatic rings. The highest BCUT2D eigenvalue weighted by molar-refractivity contribution is 7.17. The fourth-order valence-corrected chi connectivity index (χ4v) is 4.59. The molecule has 0 spiro atoms. The first-order valence-corrected chi connectivity index (χ1v) is 11.1. The zero-order chi connectivity index (χ0) is 21.1. The van der Waals surface area contributed by atoms with Crippen LogP contribution in [0.5, 0.6) is 0 Å². The molecule has 158 valence electrons. The zero-order valence-electron chi connectivity index (χ0n) is 17.4. The molecule has 1 N–H and O–H groups in total. The van der Waals surface area contributed by atoms with Crippen LogP contribution in [0.25, 0.3) is 10.2 Å². The lowest BCUT2D eigenvalue weighted by Crippen LogP contribution is -2.50. The topological polar surface area (TPSA) is 72.5 Å². The van der Waals surface area contributed by atoms with E-state index in [1.807, 2.05) is 28.3 Å². The van der Waals surface area contributed by atoms with Crippen molar-refractivity contribution >= 4 is 27.5 Å². The number of amides is 1. The van der Waals surface area contributed by atoms with Crippen molar-refractivity contribution in [2.24, 2.45) is 0 Å². The van der Waals surface area contributed by atoms with Gasteiger partial charge < -0.3 is 9.88 Å². The van der Waals surface area contributed by atoms with Gasteiger partial charge in [0.1, 0.15) is 10.5 Å². The number of hydrogen-bond acceptors (Lipinski definition) is 6. The van der Waals surface area contributed by atoms with Gasteiger partial charge in [0.25, 0.3) is 5.56 Å². The van der Waals surface area contributed by atoms with Gasteiger partial charge in [-0.15, -0.1) is 11.3 Å². The SMILES string of the molecule is Cc1cccc(CN2CCN(C(=O)CN(C)Cc3nc4ccsc4c(=O)[nH]3)CC2)c1. The zero-order valence-corrected chi connectivity index (χ0v) is 18.2. The van der Waals surface area contributed by atoms with Crippen molar-refractivity contribution in [1.29, 1.82) is 0 Å². The van der Waals surface area contributed by atoms with Gasteiger partial charge in [-0.25, -0.2) is 4.98 Å². The number of benzene rings is 1. The summed E-state index contributed by atoms with van der Waals surface area (Å²) >= 11 is 1.39. The third-order valence-corrected chi connectivity index (χ3v) is 6.30. The standard InChI is InChI=1S/C22H27N5O2S/c1-16-4-3-5-17(12-16)13-26-7-9-27(10-8-26)20(28)15-25(2)14-19-23-18-6-11-30-21(18)22(29)24-19/h3-6,11-12H,7-10,13-15H2,1-2H3,(H,23,24,29). The summed E-state index contributed by atoms with van der Waals surface area (Å²) in [5, 5.41) is 1.86. The van der Waals surface area contributed by atoms with Crippen molar-refractivity contribution in [2.75, 3.05) is 39.8 Å². The van der Waals surface area contributed by atoms with Gasteiger partial charge in [0, 0.05) is 32.7 Å². The molecule has 0 unspecified atom stereocenters. The van der Waals surface area contributed by atoms with E-state index in [1.165, 1.54) is 22.5 Å². The highest BCUT2D eigenvalue weighted by atomic mass is 32.1. The predicted octanol–water partition coefficient (Wildman–Crippen LogP) is 2.07. The molecule has 1 saturated heterocycles. The van der Waals surface area contributed by atoms with E-state index in [-0.39, 0.29) is 11.5 Å². The number of aromatic amines is 1. The van der Waals surface area contributed by atoms with Crippen LogP contribution in [0.4, 0.5) is 0 Å². The molecule has 3 heterocycles. The van der Waals surface area contributed by atoms with E-state index in [1.54, 1.807) is 0 Å². The molecular formula is C22H27N5O2S. The van der Waals surface area contributed by atoms with Crippen molar-refractivity contribution in [3.63, 3.8) is 0 Å². The Hall–Kier alpha value is -2.55. The number of nitrogens with zero attached hydrogens (tertiary/aromatic N) is 4. The molecular weight excluding hydrogens is 398 g/mol. The second-order valence-electron chi connectivity index (χ2n) is 7.97. The van der Waals surface area contributed by atoms with Crippen LogP contribution in [0.3, 0.4) is 0 Å². The minimum atomic E-state index is -0.116. The summed E-state index contributed by atoms with van der Waals surface area (Å²) in [6, 6.07) is 10.4. The van der Waals surface area contributed by atoms with E-state index < -0.39 is 0 Å². The smallest absolute Gasteiger partial charge is 0.268 e. The third kappa shape index (κ3) is 4.95. The molecule has 1 fully saturated rings. The number of carbonyl (C=O) groups is 1. The minimum Gasteiger partial charge on any atom is -0.339 e. The van der Waals surface area contributed by atoms with Gasteiger partial charge >= 0.3 is 0 Å². The molecule has 0 saturated carbocycles. The van der Waals surface area contributed by atoms with Gasteiger partial charge in [0.15, 0.2) is 0 Å². The van der Waals surface area contributed by atoms with E-state index >= 15 is 0 Å². The van der Waals surface area contributed by atoms with E-state index in [4.69, 9.17) is 0 Å². The molecule has 1 aliphatic rings. The highest BCUT2D eigenvalue weighted by Gasteiger charge is 2.22. The second kappa shape index (κ2) is 9.07. The molecule has 4 rings (SSSR count). The lowest BCUT2D eigenvalue weighted by molar-refractivity contribution is -0.134. The van der Waals surface area contributed by atoms with Gasteiger partial charge in [-0.2, -0.15) is 0 Å². The summed E-state index contributed by atoms with van der Waals surface area (Å²) in [6.07, 6.45) is 0. The van der Waals surface area contributed by atoms with Crippen molar-refractivity contribution < 1.29 is 4.79 Å². The van der Waals surface area contributed by atoms with Gasteiger partial charge in [0.05, 0.1) is 18.6 Å². The van der Waals surface area contributed by atoms with E-state index in [0.717, 1.165) is 32.7 Å². The number of hydrogen-bond donors (Lipinski definition) is 1. The van der Waals surface area contributed by atoms with Gasteiger partial charge in [-0.05, 0) is 31.0 Å². The molecule has 30 heavy (non-hydrogen) atoms. The molecule has 1 aliphatic heterocycles. The maximum absolute atomic E-state index is 12.7. The number of fused-ring (bicyclic) bond motifs is 1. The lowest BCUT2D eigenvalue weighted by Gasteiger charge is -2.35. The third-order valence-electron chi connectivity index (χ3n) is 5.40. The van der Waals surface area contributed by atoms with Crippen LogP contribution in [0.1, 0.15) is 17.0 Å². The number of carbonyl (C=O) groups excluding carboxylic acids is 1. The predicted molar refractivity (Wildman–Crippen MR) is 120 cm³/mol. The molecule has 8 heteroatoms. The summed E-state index contributed by atoms with van der Waals surface area (Å²) in [6.45, 7) is 7.03. The molecule has 1 amide bonds. The number of piperazine rings is 1.